The molecule has 0 radical (unpaired) electrons. The largest absolute Gasteiger partial charge is 0.505 e. The number of pyridine rings is 1. The predicted molar refractivity (Wildman–Crippen MR) is 54.9 cm³/mol. The molecule has 2 N–H and O–H groups in total. The van der Waals surface area contributed by atoms with Crippen molar-refractivity contribution < 1.29 is 23.8 Å². The first-order valence-electron chi connectivity index (χ1n) is 3.80. The van der Waals surface area contributed by atoms with E-state index in [1.807, 2.05) is 0 Å². The van der Waals surface area contributed by atoms with Crippen molar-refractivity contribution in [3.05, 3.63) is 21.0 Å². The third-order valence-corrected chi connectivity index (χ3v) is 2.37. The molecule has 0 saturated heterocycles. The quantitative estimate of drug-likeness (QED) is 0.657. The maximum absolute atomic E-state index is 12.3. The van der Waals surface area contributed by atoms with E-state index in [4.69, 9.17) is 5.11 Å². The van der Waals surface area contributed by atoms with Crippen molar-refractivity contribution in [2.45, 2.75) is 12.8 Å². The standard InChI is InChI=1S/C8H6F2INO3/c9-7(10)4-1-3(2-5(13)14)6(15)8(11)12-4/h1,7,15H,2H2,(H,13,14). The number of hydrogen-bond acceptors (Lipinski definition) is 3. The van der Waals surface area contributed by atoms with E-state index in [0.717, 1.165) is 6.07 Å². The summed E-state index contributed by atoms with van der Waals surface area (Å²) in [5, 5.41) is 17.9. The summed E-state index contributed by atoms with van der Waals surface area (Å²) in [5.74, 6) is -1.56. The number of carbonyl (C=O) groups is 1. The molecule has 1 aromatic heterocycles. The second-order valence-corrected chi connectivity index (χ2v) is 3.74. The predicted octanol–water partition coefficient (Wildman–Crippen LogP) is 1.96. The molecule has 0 fully saturated rings. The molecule has 1 rings (SSSR count). The van der Waals surface area contributed by atoms with Crippen LogP contribution in [-0.2, 0) is 11.2 Å². The molecule has 1 heterocycles. The summed E-state index contributed by atoms with van der Waals surface area (Å²) in [4.78, 5) is 13.8. The van der Waals surface area contributed by atoms with Gasteiger partial charge in [0, 0.05) is 5.56 Å². The average molecular weight is 329 g/mol. The van der Waals surface area contributed by atoms with Crippen LogP contribution in [0.3, 0.4) is 0 Å². The molecular formula is C8H6F2INO3. The lowest BCUT2D eigenvalue weighted by Crippen LogP contribution is -2.04. The van der Waals surface area contributed by atoms with Crippen LogP contribution in [0.2, 0.25) is 0 Å². The molecule has 0 saturated carbocycles. The third kappa shape index (κ3) is 2.98. The maximum Gasteiger partial charge on any atom is 0.307 e. The third-order valence-electron chi connectivity index (χ3n) is 1.61. The lowest BCUT2D eigenvalue weighted by Gasteiger charge is -2.06. The molecule has 0 unspecified atom stereocenters. The van der Waals surface area contributed by atoms with E-state index < -0.39 is 24.5 Å². The van der Waals surface area contributed by atoms with Crippen molar-refractivity contribution in [3.8, 4) is 5.75 Å². The van der Waals surface area contributed by atoms with Crippen molar-refractivity contribution in [1.82, 2.24) is 4.98 Å². The first-order valence-corrected chi connectivity index (χ1v) is 4.88. The Morgan fingerprint density at radius 3 is 2.67 bits per heavy atom. The maximum atomic E-state index is 12.3. The monoisotopic (exact) mass is 329 g/mol. The highest BCUT2D eigenvalue weighted by molar-refractivity contribution is 14.1. The number of hydrogen-bond donors (Lipinski definition) is 2. The van der Waals surface area contributed by atoms with Crippen LogP contribution >= 0.6 is 22.6 Å². The van der Waals surface area contributed by atoms with Gasteiger partial charge in [-0.3, -0.25) is 4.79 Å². The first kappa shape index (κ1) is 12.1. The van der Waals surface area contributed by atoms with E-state index in [1.54, 1.807) is 22.6 Å². The summed E-state index contributed by atoms with van der Waals surface area (Å²) in [6.45, 7) is 0. The van der Waals surface area contributed by atoms with Gasteiger partial charge in [0.15, 0.2) is 5.75 Å². The van der Waals surface area contributed by atoms with Gasteiger partial charge in [-0.2, -0.15) is 0 Å². The van der Waals surface area contributed by atoms with Gasteiger partial charge >= 0.3 is 5.97 Å². The van der Waals surface area contributed by atoms with Crippen LogP contribution in [-0.4, -0.2) is 21.2 Å². The van der Waals surface area contributed by atoms with Gasteiger partial charge in [-0.05, 0) is 28.7 Å². The van der Waals surface area contributed by atoms with E-state index in [-0.39, 0.29) is 15.0 Å². The first-order chi connectivity index (χ1) is 6.91. The van der Waals surface area contributed by atoms with Crippen LogP contribution in [0.25, 0.3) is 0 Å². The van der Waals surface area contributed by atoms with Crippen LogP contribution < -0.4 is 0 Å². The van der Waals surface area contributed by atoms with Crippen molar-refractivity contribution in [2.75, 3.05) is 0 Å². The van der Waals surface area contributed by atoms with Gasteiger partial charge in [-0.15, -0.1) is 0 Å². The zero-order valence-corrected chi connectivity index (χ0v) is 9.40. The van der Waals surface area contributed by atoms with Gasteiger partial charge in [-0.1, -0.05) is 0 Å². The number of aromatic nitrogens is 1. The number of rotatable bonds is 3. The van der Waals surface area contributed by atoms with E-state index in [9.17, 15) is 18.7 Å². The molecule has 0 atom stereocenters. The number of halogens is 3. The Balaban J connectivity index is 3.18. The van der Waals surface area contributed by atoms with E-state index in [0.29, 0.717) is 0 Å². The molecule has 0 aliphatic heterocycles. The molecule has 1 aromatic rings. The van der Waals surface area contributed by atoms with Crippen molar-refractivity contribution in [1.29, 1.82) is 0 Å². The highest BCUT2D eigenvalue weighted by Gasteiger charge is 2.17. The van der Waals surface area contributed by atoms with Gasteiger partial charge in [0.05, 0.1) is 6.42 Å². The number of aromatic hydroxyl groups is 1. The van der Waals surface area contributed by atoms with Crippen molar-refractivity contribution in [2.24, 2.45) is 0 Å². The Kier molecular flexibility index (Phi) is 3.77. The molecule has 7 heteroatoms. The molecule has 4 nitrogen and oxygen atoms in total. The zero-order chi connectivity index (χ0) is 11.6. The Morgan fingerprint density at radius 2 is 2.20 bits per heavy atom. The fourth-order valence-corrected chi connectivity index (χ4v) is 1.61. The van der Waals surface area contributed by atoms with Crippen molar-refractivity contribution >= 4 is 28.6 Å². The summed E-state index contributed by atoms with van der Waals surface area (Å²) in [5.41, 5.74) is -0.592. The summed E-state index contributed by atoms with van der Waals surface area (Å²) in [6.07, 6.45) is -3.30. The second kappa shape index (κ2) is 4.69. The van der Waals surface area contributed by atoms with Crippen LogP contribution in [0.5, 0.6) is 5.75 Å². The van der Waals surface area contributed by atoms with E-state index in [1.165, 1.54) is 0 Å². The molecule has 0 bridgehead atoms. The fourth-order valence-electron chi connectivity index (χ4n) is 0.987. The number of carboxylic acid groups (broad SMARTS) is 1. The lowest BCUT2D eigenvalue weighted by atomic mass is 10.1. The summed E-state index contributed by atoms with van der Waals surface area (Å²) < 4.78 is 24.6. The minimum absolute atomic E-state index is 0.0262. The van der Waals surface area contributed by atoms with Gasteiger partial charge < -0.3 is 10.2 Å². The molecule has 0 amide bonds. The van der Waals surface area contributed by atoms with E-state index >= 15 is 0 Å². The van der Waals surface area contributed by atoms with Crippen LogP contribution in [0.4, 0.5) is 8.78 Å². The van der Waals surface area contributed by atoms with Gasteiger partial charge in [0.25, 0.3) is 6.43 Å². The summed E-state index contributed by atoms with van der Waals surface area (Å²) in [6, 6.07) is 0.899. The number of alkyl halides is 2. The average Bonchev–Trinajstić information content (AvgIpc) is 2.11. The molecule has 0 aliphatic carbocycles. The highest BCUT2D eigenvalue weighted by Crippen LogP contribution is 2.27. The minimum atomic E-state index is -2.79. The molecule has 0 spiro atoms. The zero-order valence-electron chi connectivity index (χ0n) is 7.25. The molecule has 0 aromatic carbocycles. The lowest BCUT2D eigenvalue weighted by molar-refractivity contribution is -0.136. The Hall–Kier alpha value is -0.990. The molecule has 15 heavy (non-hydrogen) atoms. The Labute approximate surface area is 97.1 Å². The fraction of sp³-hybridized carbons (Fsp3) is 0.250. The smallest absolute Gasteiger partial charge is 0.307 e. The SMILES string of the molecule is O=C(O)Cc1cc(C(F)F)nc(I)c1O. The van der Waals surface area contributed by atoms with Crippen LogP contribution in [0.15, 0.2) is 6.07 Å². The minimum Gasteiger partial charge on any atom is -0.505 e. The Morgan fingerprint density at radius 1 is 1.60 bits per heavy atom. The van der Waals surface area contributed by atoms with Gasteiger partial charge in [-0.25, -0.2) is 13.8 Å². The normalized spacial score (nSPS) is 10.7. The summed E-state index contributed by atoms with van der Waals surface area (Å²) >= 11 is 1.57. The number of carboxylic acids is 1. The topological polar surface area (TPSA) is 70.4 Å². The second-order valence-electron chi connectivity index (χ2n) is 2.72. The molecule has 82 valence electrons. The van der Waals surface area contributed by atoms with Crippen molar-refractivity contribution in [3.63, 3.8) is 0 Å². The van der Waals surface area contributed by atoms with Crippen LogP contribution in [0.1, 0.15) is 17.7 Å². The van der Waals surface area contributed by atoms with Gasteiger partial charge in [0.2, 0.25) is 0 Å². The summed E-state index contributed by atoms with van der Waals surface area (Å²) in [7, 11) is 0. The van der Waals surface area contributed by atoms with E-state index in [2.05, 4.69) is 4.98 Å². The number of aliphatic carboxylic acids is 1. The van der Waals surface area contributed by atoms with Crippen LogP contribution in [0, 0.1) is 3.70 Å². The Bertz CT molecular complexity index is 398. The highest BCUT2D eigenvalue weighted by atomic mass is 127. The molecular weight excluding hydrogens is 323 g/mol. The number of nitrogens with zero attached hydrogens (tertiary/aromatic N) is 1. The van der Waals surface area contributed by atoms with Gasteiger partial charge in [0.1, 0.15) is 9.39 Å². The molecule has 0 aliphatic rings.